The quantitative estimate of drug-likeness (QED) is 0.190. The predicted molar refractivity (Wildman–Crippen MR) is 161 cm³/mol. The number of anilines is 1. The van der Waals surface area contributed by atoms with Crippen molar-refractivity contribution >= 4 is 43.7 Å². The van der Waals surface area contributed by atoms with E-state index < -0.39 is 21.7 Å². The summed E-state index contributed by atoms with van der Waals surface area (Å²) in [5.74, 6) is -0.746. The summed E-state index contributed by atoms with van der Waals surface area (Å²) >= 11 is 0. The third-order valence-electron chi connectivity index (χ3n) is 7.33. The number of rotatable bonds is 8. The summed E-state index contributed by atoms with van der Waals surface area (Å²) in [5.41, 5.74) is 4.42. The van der Waals surface area contributed by atoms with Crippen molar-refractivity contribution in [3.05, 3.63) is 78.3 Å². The molecule has 0 unspecified atom stereocenters. The van der Waals surface area contributed by atoms with Crippen LogP contribution >= 0.6 is 0 Å². The highest BCUT2D eigenvalue weighted by atomic mass is 32.2. The molecule has 11 nitrogen and oxygen atoms in total. The van der Waals surface area contributed by atoms with Gasteiger partial charge in [-0.3, -0.25) is 14.9 Å². The lowest BCUT2D eigenvalue weighted by atomic mass is 10.0. The maximum atomic E-state index is 15.3. The fourth-order valence-electron chi connectivity index (χ4n) is 5.06. The molecular formula is C30H24F2N8O3S. The van der Waals surface area contributed by atoms with Gasteiger partial charge >= 0.3 is 0 Å². The van der Waals surface area contributed by atoms with Crippen LogP contribution in [0.15, 0.2) is 61.1 Å². The van der Waals surface area contributed by atoms with E-state index in [9.17, 15) is 17.6 Å². The molecule has 6 aromatic rings. The number of H-pyrrole nitrogens is 2. The van der Waals surface area contributed by atoms with Crippen molar-refractivity contribution in [2.24, 2.45) is 5.92 Å². The van der Waals surface area contributed by atoms with Gasteiger partial charge < -0.3 is 10.3 Å². The average Bonchev–Trinajstić information content (AvgIpc) is 3.62. The Balaban J connectivity index is 1.27. The van der Waals surface area contributed by atoms with Crippen LogP contribution in [-0.4, -0.2) is 50.7 Å². The van der Waals surface area contributed by atoms with Crippen LogP contribution in [0.3, 0.4) is 0 Å². The molecule has 0 bridgehead atoms. The van der Waals surface area contributed by atoms with Gasteiger partial charge in [-0.15, -0.1) is 0 Å². The molecule has 1 aliphatic rings. The topological polar surface area (TPSA) is 158 Å². The van der Waals surface area contributed by atoms with Crippen LogP contribution in [0.2, 0.25) is 0 Å². The van der Waals surface area contributed by atoms with E-state index in [1.54, 1.807) is 30.5 Å². The number of sulfonamides is 1. The SMILES string of the molecule is CS(=O)(=O)NCc1cc(F)cc(-c2ccnc3[nH]c(-c4n[nH]c5cc(F)c(-c6cncc(NC(=O)C7CC7)c6)cc45)nc23)c1. The van der Waals surface area contributed by atoms with Gasteiger partial charge in [0.1, 0.15) is 22.8 Å². The second-order valence-corrected chi connectivity index (χ2v) is 12.6. The van der Waals surface area contributed by atoms with Crippen LogP contribution in [-0.2, 0) is 21.4 Å². The van der Waals surface area contributed by atoms with Gasteiger partial charge in [-0.2, -0.15) is 5.10 Å². The largest absolute Gasteiger partial charge is 0.324 e. The Morgan fingerprint density at radius 2 is 1.89 bits per heavy atom. The van der Waals surface area contributed by atoms with Gasteiger partial charge in [0.05, 0.1) is 23.7 Å². The third kappa shape index (κ3) is 5.52. The molecule has 0 atom stereocenters. The van der Waals surface area contributed by atoms with Gasteiger partial charge in [0.15, 0.2) is 11.5 Å². The number of fused-ring (bicyclic) bond motifs is 2. The minimum absolute atomic E-state index is 0.0129. The molecule has 4 N–H and O–H groups in total. The van der Waals surface area contributed by atoms with Crippen LogP contribution < -0.4 is 10.0 Å². The Bertz CT molecular complexity index is 2210. The smallest absolute Gasteiger partial charge is 0.227 e. The molecule has 44 heavy (non-hydrogen) atoms. The predicted octanol–water partition coefficient (Wildman–Crippen LogP) is 4.91. The molecule has 4 heterocycles. The number of hydrogen-bond donors (Lipinski definition) is 4. The number of hydrogen-bond acceptors (Lipinski definition) is 7. The zero-order chi connectivity index (χ0) is 30.6. The van der Waals surface area contributed by atoms with Gasteiger partial charge in [-0.1, -0.05) is 0 Å². The van der Waals surface area contributed by atoms with Crippen LogP contribution in [0.5, 0.6) is 0 Å². The zero-order valence-electron chi connectivity index (χ0n) is 23.1. The molecule has 0 radical (unpaired) electrons. The Morgan fingerprint density at radius 3 is 2.68 bits per heavy atom. The molecule has 1 fully saturated rings. The summed E-state index contributed by atoms with van der Waals surface area (Å²) in [7, 11) is -3.47. The monoisotopic (exact) mass is 614 g/mol. The summed E-state index contributed by atoms with van der Waals surface area (Å²) in [6.45, 7) is -0.0763. The molecule has 4 aromatic heterocycles. The van der Waals surface area contributed by atoms with E-state index in [4.69, 9.17) is 4.98 Å². The van der Waals surface area contributed by atoms with Crippen molar-refractivity contribution < 1.29 is 22.0 Å². The number of carbonyl (C=O) groups excluding carboxylic acids is 1. The van der Waals surface area contributed by atoms with Crippen LogP contribution in [0.4, 0.5) is 14.5 Å². The maximum absolute atomic E-state index is 15.3. The summed E-state index contributed by atoms with van der Waals surface area (Å²) in [6.07, 6.45) is 7.34. The third-order valence-corrected chi connectivity index (χ3v) is 8.00. The average molecular weight is 615 g/mol. The normalized spacial score (nSPS) is 13.5. The molecule has 222 valence electrons. The number of amides is 1. The number of benzene rings is 2. The second-order valence-electron chi connectivity index (χ2n) is 10.8. The van der Waals surface area contributed by atoms with Gasteiger partial charge in [0.2, 0.25) is 15.9 Å². The highest BCUT2D eigenvalue weighted by Gasteiger charge is 2.29. The number of nitrogens with one attached hydrogen (secondary N) is 4. The second kappa shape index (κ2) is 10.6. The van der Waals surface area contributed by atoms with Gasteiger partial charge in [-0.05, 0) is 60.4 Å². The Kier molecular flexibility index (Phi) is 6.66. The van der Waals surface area contributed by atoms with E-state index in [2.05, 4.69) is 35.2 Å². The van der Waals surface area contributed by atoms with E-state index in [0.717, 1.165) is 19.1 Å². The van der Waals surface area contributed by atoms with Crippen molar-refractivity contribution in [2.45, 2.75) is 19.4 Å². The van der Waals surface area contributed by atoms with E-state index in [-0.39, 0.29) is 23.9 Å². The van der Waals surface area contributed by atoms with E-state index >= 15 is 4.39 Å². The zero-order valence-corrected chi connectivity index (χ0v) is 24.0. The number of imidazole rings is 1. The van der Waals surface area contributed by atoms with Gasteiger partial charge in [0.25, 0.3) is 0 Å². The molecule has 2 aromatic carbocycles. The molecule has 1 aliphatic carbocycles. The van der Waals surface area contributed by atoms with Gasteiger partial charge in [-0.25, -0.2) is 31.9 Å². The number of halogens is 2. The number of aromatic nitrogens is 6. The van der Waals surface area contributed by atoms with Crippen LogP contribution in [0.25, 0.3) is 55.8 Å². The fourth-order valence-corrected chi connectivity index (χ4v) is 5.49. The van der Waals surface area contributed by atoms with Crippen molar-refractivity contribution in [3.8, 4) is 33.8 Å². The highest BCUT2D eigenvalue weighted by molar-refractivity contribution is 7.88. The first kappa shape index (κ1) is 27.7. The molecule has 0 aliphatic heterocycles. The lowest BCUT2D eigenvalue weighted by molar-refractivity contribution is -0.117. The first-order valence-corrected chi connectivity index (χ1v) is 15.5. The Hall–Kier alpha value is -5.08. The number of pyridine rings is 2. The van der Waals surface area contributed by atoms with Crippen LogP contribution in [0, 0.1) is 17.6 Å². The van der Waals surface area contributed by atoms with E-state index in [0.29, 0.717) is 61.5 Å². The van der Waals surface area contributed by atoms with E-state index in [1.165, 1.54) is 30.6 Å². The maximum Gasteiger partial charge on any atom is 0.227 e. The molecule has 7 rings (SSSR count). The first-order valence-electron chi connectivity index (χ1n) is 13.6. The van der Waals surface area contributed by atoms with Crippen molar-refractivity contribution in [3.63, 3.8) is 0 Å². The molecule has 0 saturated heterocycles. The van der Waals surface area contributed by atoms with Crippen molar-refractivity contribution in [2.75, 3.05) is 11.6 Å². The first-order chi connectivity index (χ1) is 21.1. The summed E-state index contributed by atoms with van der Waals surface area (Å²) in [4.78, 5) is 28.7. The van der Waals surface area contributed by atoms with Crippen molar-refractivity contribution in [1.82, 2.24) is 34.9 Å². The number of nitrogens with zero attached hydrogens (tertiary/aromatic N) is 4. The minimum atomic E-state index is -3.47. The highest BCUT2D eigenvalue weighted by Crippen LogP contribution is 2.35. The minimum Gasteiger partial charge on any atom is -0.324 e. The number of carbonyl (C=O) groups is 1. The summed E-state index contributed by atoms with van der Waals surface area (Å²) in [5, 5.41) is 10.7. The summed E-state index contributed by atoms with van der Waals surface area (Å²) in [6, 6.07) is 10.6. The Labute approximate surface area is 249 Å². The fraction of sp³-hybridized carbons (Fsp3) is 0.167. The van der Waals surface area contributed by atoms with Gasteiger partial charge in [0, 0.05) is 53.0 Å². The van der Waals surface area contributed by atoms with Crippen molar-refractivity contribution in [1.29, 1.82) is 0 Å². The molecular weight excluding hydrogens is 590 g/mol. The molecule has 14 heteroatoms. The molecule has 0 spiro atoms. The molecule has 1 saturated carbocycles. The molecule has 1 amide bonds. The van der Waals surface area contributed by atoms with E-state index in [1.807, 2.05) is 0 Å². The lowest BCUT2D eigenvalue weighted by Gasteiger charge is -2.08. The standard InChI is InChI=1S/C30H24F2N8O3S/c1-44(42,43)35-12-15-6-17(8-19(31)7-15)21-4-5-34-28-26(21)37-29(38-28)27-23-10-22(24(32)11-25(23)39-40-27)18-9-20(14-33-13-18)36-30(41)16-2-3-16/h4-11,13-14,16,35H,2-3,12H2,1H3,(H,36,41)(H,39,40)(H,34,37,38). The summed E-state index contributed by atoms with van der Waals surface area (Å²) < 4.78 is 55.3. The lowest BCUT2D eigenvalue weighted by Crippen LogP contribution is -2.21. The Morgan fingerprint density at radius 1 is 1.05 bits per heavy atom. The van der Waals surface area contributed by atoms with Crippen LogP contribution in [0.1, 0.15) is 18.4 Å². The number of aromatic amines is 2.